The molecule has 0 bridgehead atoms. The lowest BCUT2D eigenvalue weighted by Crippen LogP contribution is -2.65. The van der Waals surface area contributed by atoms with Crippen molar-refractivity contribution in [2.45, 2.75) is 267 Å². The van der Waals surface area contributed by atoms with E-state index in [1.165, 1.54) is 128 Å². The zero-order valence-corrected chi connectivity index (χ0v) is 39.8. The first kappa shape index (κ1) is 58.6. The van der Waals surface area contributed by atoms with Gasteiger partial charge in [-0.05, 0) is 32.1 Å². The van der Waals surface area contributed by atoms with Gasteiger partial charge >= 0.3 is 0 Å². The predicted octanol–water partition coefficient (Wildman–Crippen LogP) is 6.55. The molecular formula is C50H93NO13. The van der Waals surface area contributed by atoms with Crippen molar-refractivity contribution in [1.82, 2.24) is 5.32 Å². The predicted molar refractivity (Wildman–Crippen MR) is 249 cm³/mol. The van der Waals surface area contributed by atoms with E-state index in [1.54, 1.807) is 6.08 Å². The molecule has 2 saturated heterocycles. The highest BCUT2D eigenvalue weighted by atomic mass is 16.7. The Labute approximate surface area is 386 Å². The first-order valence-corrected chi connectivity index (χ1v) is 25.6. The Morgan fingerprint density at radius 3 is 1.53 bits per heavy atom. The number of unbranched alkanes of at least 4 members (excludes halogenated alkanes) is 24. The lowest BCUT2D eigenvalue weighted by Gasteiger charge is -2.46. The molecule has 0 spiro atoms. The van der Waals surface area contributed by atoms with E-state index < -0.39 is 86.8 Å². The minimum atomic E-state index is -1.79. The van der Waals surface area contributed by atoms with E-state index in [0.717, 1.165) is 32.1 Å². The van der Waals surface area contributed by atoms with E-state index in [1.807, 2.05) is 6.08 Å². The average molecular weight is 916 g/mol. The Morgan fingerprint density at radius 1 is 0.547 bits per heavy atom. The maximum absolute atomic E-state index is 13.1. The third-order valence-electron chi connectivity index (χ3n) is 12.6. The van der Waals surface area contributed by atoms with Gasteiger partial charge in [-0.3, -0.25) is 4.79 Å². The molecular weight excluding hydrogens is 823 g/mol. The molecule has 0 aliphatic carbocycles. The number of hydrogen-bond acceptors (Lipinski definition) is 13. The molecule has 2 aliphatic rings. The molecule has 0 aromatic rings. The van der Waals surface area contributed by atoms with E-state index >= 15 is 0 Å². The summed E-state index contributed by atoms with van der Waals surface area (Å²) < 4.78 is 22.6. The van der Waals surface area contributed by atoms with Crippen LogP contribution in [0, 0.1) is 0 Å². The highest BCUT2D eigenvalue weighted by molar-refractivity contribution is 5.76. The molecule has 64 heavy (non-hydrogen) atoms. The monoisotopic (exact) mass is 916 g/mol. The van der Waals surface area contributed by atoms with Crippen LogP contribution in [0.1, 0.15) is 194 Å². The van der Waals surface area contributed by atoms with Gasteiger partial charge in [-0.25, -0.2) is 0 Å². The molecule has 12 atom stereocenters. The summed E-state index contributed by atoms with van der Waals surface area (Å²) in [7, 11) is 0. The van der Waals surface area contributed by atoms with Gasteiger partial charge in [-0.1, -0.05) is 179 Å². The van der Waals surface area contributed by atoms with Gasteiger partial charge in [-0.15, -0.1) is 0 Å². The molecule has 0 aromatic heterocycles. The largest absolute Gasteiger partial charge is 0.394 e. The van der Waals surface area contributed by atoms with Crippen molar-refractivity contribution in [3.05, 3.63) is 24.3 Å². The minimum absolute atomic E-state index is 0.249. The molecule has 376 valence electrons. The second-order valence-corrected chi connectivity index (χ2v) is 18.3. The maximum atomic E-state index is 13.1. The Balaban J connectivity index is 1.79. The fourth-order valence-electron chi connectivity index (χ4n) is 8.42. The molecule has 14 heteroatoms. The average Bonchev–Trinajstić information content (AvgIpc) is 3.29. The van der Waals surface area contributed by atoms with Crippen molar-refractivity contribution >= 4 is 5.91 Å². The first-order chi connectivity index (χ1) is 31.1. The number of aliphatic hydroxyl groups excluding tert-OH is 8. The van der Waals surface area contributed by atoms with Crippen molar-refractivity contribution in [3.63, 3.8) is 0 Å². The first-order valence-electron chi connectivity index (χ1n) is 25.6. The molecule has 0 saturated carbocycles. The van der Waals surface area contributed by atoms with Crippen molar-refractivity contribution in [2.75, 3.05) is 19.8 Å². The number of carbonyl (C=O) groups excluding carboxylic acids is 1. The van der Waals surface area contributed by atoms with Crippen LogP contribution >= 0.6 is 0 Å². The van der Waals surface area contributed by atoms with Gasteiger partial charge in [0.15, 0.2) is 12.6 Å². The molecule has 2 fully saturated rings. The van der Waals surface area contributed by atoms with Gasteiger partial charge in [-0.2, -0.15) is 0 Å². The van der Waals surface area contributed by atoms with Crippen LogP contribution in [0.2, 0.25) is 0 Å². The zero-order chi connectivity index (χ0) is 46.8. The van der Waals surface area contributed by atoms with Gasteiger partial charge in [0.1, 0.15) is 48.8 Å². The molecule has 2 rings (SSSR count). The number of nitrogens with one attached hydrogen (secondary N) is 1. The molecule has 0 radical (unpaired) electrons. The van der Waals surface area contributed by atoms with Crippen molar-refractivity contribution in [2.24, 2.45) is 0 Å². The molecule has 1 amide bonds. The van der Waals surface area contributed by atoms with Crippen LogP contribution in [0.3, 0.4) is 0 Å². The SMILES string of the molecule is CCCCCC/C=C/CC/C=C/C(O)C(COC1OC(CO)C(OC2OC(CO)C(O)C(O)C2O)C(O)C1O)NC(=O)CCCCCCCCCCCCCCCCCCCCCC. The Kier molecular flexibility index (Phi) is 34.3. The number of rotatable bonds is 39. The minimum Gasteiger partial charge on any atom is -0.394 e. The Bertz CT molecular complexity index is 1170. The van der Waals surface area contributed by atoms with Gasteiger partial charge in [0.2, 0.25) is 5.91 Å². The van der Waals surface area contributed by atoms with Gasteiger partial charge < -0.3 is 65.1 Å². The van der Waals surface area contributed by atoms with Crippen LogP contribution < -0.4 is 5.32 Å². The van der Waals surface area contributed by atoms with E-state index in [9.17, 15) is 45.6 Å². The Morgan fingerprint density at radius 2 is 1.00 bits per heavy atom. The van der Waals surface area contributed by atoms with Crippen LogP contribution in [0.15, 0.2) is 24.3 Å². The van der Waals surface area contributed by atoms with Gasteiger partial charge in [0.05, 0.1) is 32.0 Å². The highest BCUT2D eigenvalue weighted by Crippen LogP contribution is 2.30. The van der Waals surface area contributed by atoms with Crippen LogP contribution in [0.5, 0.6) is 0 Å². The molecule has 14 nitrogen and oxygen atoms in total. The van der Waals surface area contributed by atoms with E-state index in [4.69, 9.17) is 18.9 Å². The summed E-state index contributed by atoms with van der Waals surface area (Å²) in [6, 6.07) is -0.924. The highest BCUT2D eigenvalue weighted by Gasteiger charge is 2.51. The number of allylic oxidation sites excluding steroid dienone is 3. The summed E-state index contributed by atoms with van der Waals surface area (Å²) in [5.74, 6) is -0.249. The summed E-state index contributed by atoms with van der Waals surface area (Å²) in [5.41, 5.74) is 0. The quantitative estimate of drug-likeness (QED) is 0.0236. The van der Waals surface area contributed by atoms with Crippen LogP contribution in [-0.2, 0) is 23.7 Å². The smallest absolute Gasteiger partial charge is 0.220 e. The summed E-state index contributed by atoms with van der Waals surface area (Å²) in [6.45, 7) is 2.73. The summed E-state index contributed by atoms with van der Waals surface area (Å²) in [4.78, 5) is 13.1. The van der Waals surface area contributed by atoms with Crippen LogP contribution in [-0.4, -0.2) is 140 Å². The van der Waals surface area contributed by atoms with Crippen molar-refractivity contribution in [3.8, 4) is 0 Å². The standard InChI is InChI=1S/C50H93NO13/c1-3-5-7-9-11-13-15-16-17-18-19-20-21-22-23-24-26-28-30-32-34-42(55)51-38(39(54)33-31-29-27-25-14-12-10-8-6-4-2)37-61-49-47(60)45(58)48(41(36-53)63-49)64-50-46(59)44(57)43(56)40(35-52)62-50/h14,25,31,33,38-41,43-50,52-54,56-60H,3-13,15-24,26-30,32,34-37H2,1-2H3,(H,51,55)/b25-14+,33-31+. The van der Waals surface area contributed by atoms with E-state index in [0.29, 0.717) is 12.8 Å². The summed E-state index contributed by atoms with van der Waals surface area (Å²) in [5, 5.41) is 86.5. The summed E-state index contributed by atoms with van der Waals surface area (Å²) >= 11 is 0. The molecule has 9 N–H and O–H groups in total. The second kappa shape index (κ2) is 37.5. The molecule has 2 aliphatic heterocycles. The normalized spacial score (nSPS) is 27.4. The van der Waals surface area contributed by atoms with Crippen molar-refractivity contribution in [1.29, 1.82) is 0 Å². The fourth-order valence-corrected chi connectivity index (χ4v) is 8.42. The zero-order valence-electron chi connectivity index (χ0n) is 39.8. The van der Waals surface area contributed by atoms with E-state index in [2.05, 4.69) is 31.3 Å². The fraction of sp³-hybridized carbons (Fsp3) is 0.900. The molecule has 12 unspecified atom stereocenters. The number of aliphatic hydroxyl groups is 8. The van der Waals surface area contributed by atoms with Gasteiger partial charge in [0.25, 0.3) is 0 Å². The number of carbonyl (C=O) groups is 1. The third-order valence-corrected chi connectivity index (χ3v) is 12.6. The van der Waals surface area contributed by atoms with Crippen LogP contribution in [0.4, 0.5) is 0 Å². The lowest BCUT2D eigenvalue weighted by atomic mass is 9.97. The van der Waals surface area contributed by atoms with Gasteiger partial charge in [0, 0.05) is 6.42 Å². The third kappa shape index (κ3) is 24.5. The van der Waals surface area contributed by atoms with E-state index in [-0.39, 0.29) is 18.9 Å². The van der Waals surface area contributed by atoms with Crippen molar-refractivity contribution < 1.29 is 64.6 Å². The van der Waals surface area contributed by atoms with Crippen LogP contribution in [0.25, 0.3) is 0 Å². The topological polar surface area (TPSA) is 228 Å². The Hall–Kier alpha value is -1.53. The number of ether oxygens (including phenoxy) is 4. The lowest BCUT2D eigenvalue weighted by molar-refractivity contribution is -0.359. The number of amides is 1. The summed E-state index contributed by atoms with van der Waals surface area (Å²) in [6.07, 6.45) is 23.8. The number of hydrogen-bond donors (Lipinski definition) is 9. The maximum Gasteiger partial charge on any atom is 0.220 e. The second-order valence-electron chi connectivity index (χ2n) is 18.3. The molecule has 2 heterocycles. The molecule has 0 aromatic carbocycles.